The molecule has 1 aromatic heterocycles. The fourth-order valence-electron chi connectivity index (χ4n) is 1.96. The monoisotopic (exact) mass is 197 g/mol. The zero-order chi connectivity index (χ0) is 10.4. The van der Waals surface area contributed by atoms with Gasteiger partial charge in [0.25, 0.3) is 0 Å². The van der Waals surface area contributed by atoms with Crippen LogP contribution in [0, 0.1) is 6.92 Å². The van der Waals surface area contributed by atoms with E-state index in [0.717, 1.165) is 27.6 Å². The molecule has 0 saturated heterocycles. The minimum Gasteiger partial charge on any atom is -0.456 e. The van der Waals surface area contributed by atoms with Crippen LogP contribution < -0.4 is 5.73 Å². The summed E-state index contributed by atoms with van der Waals surface area (Å²) in [7, 11) is 0. The van der Waals surface area contributed by atoms with Gasteiger partial charge in [0.15, 0.2) is 0 Å². The lowest BCUT2D eigenvalue weighted by molar-refractivity contribution is 0.668. The molecule has 2 aromatic carbocycles. The molecule has 0 spiro atoms. The second kappa shape index (κ2) is 2.76. The average Bonchev–Trinajstić information content (AvgIpc) is 2.56. The number of fused-ring (bicyclic) bond motifs is 3. The molecule has 2 N–H and O–H groups in total. The number of nitrogens with two attached hydrogens (primary N) is 1. The summed E-state index contributed by atoms with van der Waals surface area (Å²) in [5, 5.41) is 2.11. The second-order valence-electron chi connectivity index (χ2n) is 3.82. The van der Waals surface area contributed by atoms with Crippen LogP contribution >= 0.6 is 0 Å². The number of furan rings is 1. The van der Waals surface area contributed by atoms with Gasteiger partial charge in [0.2, 0.25) is 0 Å². The van der Waals surface area contributed by atoms with Gasteiger partial charge in [-0.05, 0) is 30.7 Å². The van der Waals surface area contributed by atoms with Crippen molar-refractivity contribution in [1.82, 2.24) is 0 Å². The van der Waals surface area contributed by atoms with Crippen LogP contribution in [-0.4, -0.2) is 0 Å². The van der Waals surface area contributed by atoms with Crippen molar-refractivity contribution in [2.75, 3.05) is 5.73 Å². The Labute approximate surface area is 87.3 Å². The summed E-state index contributed by atoms with van der Waals surface area (Å²) in [5.41, 5.74) is 9.68. The molecule has 0 fully saturated rings. The Morgan fingerprint density at radius 3 is 2.80 bits per heavy atom. The lowest BCUT2D eigenvalue weighted by Crippen LogP contribution is -1.83. The summed E-state index contributed by atoms with van der Waals surface area (Å²) >= 11 is 0. The lowest BCUT2D eigenvalue weighted by atomic mass is 10.1. The summed E-state index contributed by atoms with van der Waals surface area (Å²) in [6.07, 6.45) is 0. The number of nitrogen functional groups attached to an aromatic ring is 1. The molecule has 0 aliphatic rings. The van der Waals surface area contributed by atoms with E-state index in [9.17, 15) is 0 Å². The largest absolute Gasteiger partial charge is 0.456 e. The average molecular weight is 197 g/mol. The Morgan fingerprint density at radius 2 is 1.93 bits per heavy atom. The van der Waals surface area contributed by atoms with Gasteiger partial charge in [0.1, 0.15) is 11.2 Å². The number of aryl methyl sites for hydroxylation is 1. The fraction of sp³-hybridized carbons (Fsp3) is 0.0769. The van der Waals surface area contributed by atoms with E-state index in [1.54, 1.807) is 0 Å². The van der Waals surface area contributed by atoms with Gasteiger partial charge < -0.3 is 10.2 Å². The molecule has 0 bridgehead atoms. The highest BCUT2D eigenvalue weighted by Gasteiger charge is 2.08. The van der Waals surface area contributed by atoms with Gasteiger partial charge in [0.05, 0.1) is 5.39 Å². The van der Waals surface area contributed by atoms with Crippen molar-refractivity contribution in [1.29, 1.82) is 0 Å². The van der Waals surface area contributed by atoms with Crippen molar-refractivity contribution >= 4 is 27.6 Å². The molecule has 15 heavy (non-hydrogen) atoms. The summed E-state index contributed by atoms with van der Waals surface area (Å²) in [5.74, 6) is 0. The van der Waals surface area contributed by atoms with Gasteiger partial charge in [-0.25, -0.2) is 0 Å². The van der Waals surface area contributed by atoms with Crippen LogP contribution in [0.2, 0.25) is 0 Å². The quantitative estimate of drug-likeness (QED) is 0.560. The first-order chi connectivity index (χ1) is 7.25. The van der Waals surface area contributed by atoms with E-state index in [1.807, 2.05) is 24.3 Å². The van der Waals surface area contributed by atoms with Gasteiger partial charge in [-0.3, -0.25) is 0 Å². The predicted octanol–water partition coefficient (Wildman–Crippen LogP) is 3.48. The first-order valence-corrected chi connectivity index (χ1v) is 4.93. The molecular weight excluding hydrogens is 186 g/mol. The van der Waals surface area contributed by atoms with Gasteiger partial charge in [-0.1, -0.05) is 18.2 Å². The van der Waals surface area contributed by atoms with E-state index in [2.05, 4.69) is 19.1 Å². The van der Waals surface area contributed by atoms with Crippen LogP contribution in [0.15, 0.2) is 40.8 Å². The summed E-state index contributed by atoms with van der Waals surface area (Å²) in [6, 6.07) is 11.9. The van der Waals surface area contributed by atoms with E-state index in [4.69, 9.17) is 10.2 Å². The fourth-order valence-corrected chi connectivity index (χ4v) is 1.96. The number of hydrogen-bond donors (Lipinski definition) is 1. The molecule has 0 aliphatic heterocycles. The Hall–Kier alpha value is -1.96. The number of anilines is 1. The molecule has 3 aromatic rings. The molecular formula is C13H11NO. The Morgan fingerprint density at radius 1 is 1.07 bits per heavy atom. The molecule has 0 saturated carbocycles. The van der Waals surface area contributed by atoms with Crippen molar-refractivity contribution < 1.29 is 4.42 Å². The van der Waals surface area contributed by atoms with Crippen molar-refractivity contribution in [3.8, 4) is 0 Å². The first-order valence-electron chi connectivity index (χ1n) is 4.93. The topological polar surface area (TPSA) is 39.2 Å². The number of hydrogen-bond acceptors (Lipinski definition) is 2. The van der Waals surface area contributed by atoms with Gasteiger partial charge in [0, 0.05) is 11.1 Å². The maximum atomic E-state index is 5.94. The number of rotatable bonds is 0. The molecule has 2 heteroatoms. The summed E-state index contributed by atoms with van der Waals surface area (Å²) < 4.78 is 5.73. The Balaban J connectivity index is 2.59. The SMILES string of the molecule is Cc1ccc2c(c1)oc1cccc(N)c12. The van der Waals surface area contributed by atoms with Crippen LogP contribution in [0.1, 0.15) is 5.56 Å². The normalized spacial score (nSPS) is 11.3. The molecule has 74 valence electrons. The molecule has 0 amide bonds. The standard InChI is InChI=1S/C13H11NO/c1-8-5-6-9-12(7-8)15-11-4-2-3-10(14)13(9)11/h2-7H,14H2,1H3. The Kier molecular flexibility index (Phi) is 1.54. The van der Waals surface area contributed by atoms with E-state index < -0.39 is 0 Å². The molecule has 0 aliphatic carbocycles. The highest BCUT2D eigenvalue weighted by atomic mass is 16.3. The third-order valence-electron chi connectivity index (χ3n) is 2.68. The molecule has 2 nitrogen and oxygen atoms in total. The van der Waals surface area contributed by atoms with Gasteiger partial charge >= 0.3 is 0 Å². The first kappa shape index (κ1) is 8.36. The third kappa shape index (κ3) is 1.11. The van der Waals surface area contributed by atoms with Gasteiger partial charge in [-0.15, -0.1) is 0 Å². The van der Waals surface area contributed by atoms with Crippen LogP contribution in [0.3, 0.4) is 0 Å². The maximum absolute atomic E-state index is 5.94. The number of benzene rings is 2. The summed E-state index contributed by atoms with van der Waals surface area (Å²) in [6.45, 7) is 2.05. The maximum Gasteiger partial charge on any atom is 0.137 e. The van der Waals surface area contributed by atoms with Crippen LogP contribution in [0.5, 0.6) is 0 Å². The molecule has 0 unspecified atom stereocenters. The van der Waals surface area contributed by atoms with Crippen molar-refractivity contribution in [2.24, 2.45) is 0 Å². The van der Waals surface area contributed by atoms with Crippen LogP contribution in [0.4, 0.5) is 5.69 Å². The predicted molar refractivity (Wildman–Crippen MR) is 62.9 cm³/mol. The molecule has 1 heterocycles. The van der Waals surface area contributed by atoms with E-state index >= 15 is 0 Å². The van der Waals surface area contributed by atoms with Crippen molar-refractivity contribution in [2.45, 2.75) is 6.92 Å². The molecule has 0 radical (unpaired) electrons. The van der Waals surface area contributed by atoms with E-state index in [-0.39, 0.29) is 0 Å². The highest BCUT2D eigenvalue weighted by Crippen LogP contribution is 2.32. The van der Waals surface area contributed by atoms with Crippen LogP contribution in [0.25, 0.3) is 21.9 Å². The molecule has 3 rings (SSSR count). The second-order valence-corrected chi connectivity index (χ2v) is 3.82. The highest BCUT2D eigenvalue weighted by molar-refractivity contribution is 6.10. The smallest absolute Gasteiger partial charge is 0.137 e. The summed E-state index contributed by atoms with van der Waals surface area (Å²) in [4.78, 5) is 0. The zero-order valence-corrected chi connectivity index (χ0v) is 8.45. The zero-order valence-electron chi connectivity index (χ0n) is 8.45. The van der Waals surface area contributed by atoms with E-state index in [1.165, 1.54) is 5.56 Å². The lowest BCUT2D eigenvalue weighted by Gasteiger charge is -1.94. The Bertz CT molecular complexity index is 652. The van der Waals surface area contributed by atoms with Crippen LogP contribution in [-0.2, 0) is 0 Å². The minimum atomic E-state index is 0.773. The van der Waals surface area contributed by atoms with Crippen molar-refractivity contribution in [3.05, 3.63) is 42.0 Å². The van der Waals surface area contributed by atoms with Gasteiger partial charge in [-0.2, -0.15) is 0 Å². The van der Waals surface area contributed by atoms with Crippen molar-refractivity contribution in [3.63, 3.8) is 0 Å². The third-order valence-corrected chi connectivity index (χ3v) is 2.68. The molecule has 0 atom stereocenters. The van der Waals surface area contributed by atoms with E-state index in [0.29, 0.717) is 0 Å². The minimum absolute atomic E-state index is 0.773.